The van der Waals surface area contributed by atoms with E-state index in [0.717, 1.165) is 5.92 Å². The minimum Gasteiger partial charge on any atom is -0.0776 e. The minimum absolute atomic E-state index is 0. The highest BCUT2D eigenvalue weighted by Crippen LogP contribution is 2.07. The zero-order valence-electron chi connectivity index (χ0n) is 8.41. The second-order valence-corrected chi connectivity index (χ2v) is 3.01. The Morgan fingerprint density at radius 1 is 1.00 bits per heavy atom. The van der Waals surface area contributed by atoms with E-state index >= 15 is 0 Å². The lowest BCUT2D eigenvalue weighted by atomic mass is 10.0. The van der Waals surface area contributed by atoms with Gasteiger partial charge in [-0.3, -0.25) is 0 Å². The fraction of sp³-hybridized carbons (Fsp3) is 1.00. The molecule has 0 saturated carbocycles. The first kappa shape index (κ1) is 17.2. The zero-order valence-corrected chi connectivity index (χ0v) is 8.41. The first-order valence-corrected chi connectivity index (χ1v) is 4.72. The Morgan fingerprint density at radius 2 is 1.36 bits per heavy atom. The lowest BCUT2D eigenvalue weighted by Crippen LogP contribution is -1.88. The summed E-state index contributed by atoms with van der Waals surface area (Å²) in [5.41, 5.74) is 0. The van der Waals surface area contributed by atoms with Crippen LogP contribution in [0.4, 0.5) is 0 Å². The fourth-order valence-electron chi connectivity index (χ4n) is 0.697. The molecule has 11 heavy (non-hydrogen) atoms. The highest BCUT2D eigenvalue weighted by atomic mass is 14.0. The largest absolute Gasteiger partial charge is 0.0776 e. The molecule has 72 valence electrons. The highest BCUT2D eigenvalue weighted by Gasteiger charge is 1.92. The Labute approximate surface area is 74.4 Å². The third-order valence-corrected chi connectivity index (χ3v) is 1.48. The van der Waals surface area contributed by atoms with Crippen LogP contribution >= 0.6 is 0 Å². The van der Waals surface area contributed by atoms with Gasteiger partial charge in [0.05, 0.1) is 0 Å². The number of rotatable bonds is 3. The van der Waals surface area contributed by atoms with E-state index < -0.39 is 0 Å². The van der Waals surface area contributed by atoms with Crippen molar-refractivity contribution in [3.05, 3.63) is 0 Å². The van der Waals surface area contributed by atoms with Gasteiger partial charge in [0, 0.05) is 0 Å². The van der Waals surface area contributed by atoms with Gasteiger partial charge in [-0.05, 0) is 5.92 Å². The molecule has 0 aromatic carbocycles. The van der Waals surface area contributed by atoms with Gasteiger partial charge in [-0.25, -0.2) is 0 Å². The quantitative estimate of drug-likeness (QED) is 0.551. The summed E-state index contributed by atoms with van der Waals surface area (Å²) in [6.07, 6.45) is 5.33. The minimum atomic E-state index is 0. The smallest absolute Gasteiger partial charge is 0.0446 e. The lowest BCUT2D eigenvalue weighted by Gasteiger charge is -2.02. The molecule has 0 aliphatic heterocycles. The molecular formula is C11H28. The van der Waals surface area contributed by atoms with Crippen LogP contribution in [0.15, 0.2) is 0 Å². The predicted molar refractivity (Wildman–Crippen MR) is 57.1 cm³/mol. The Hall–Kier alpha value is 0. The van der Waals surface area contributed by atoms with Crippen molar-refractivity contribution in [2.75, 3.05) is 0 Å². The SMILES string of the molecule is C.CCC.CCCC(C)CC. The average molecular weight is 160 g/mol. The van der Waals surface area contributed by atoms with Crippen molar-refractivity contribution < 1.29 is 0 Å². The van der Waals surface area contributed by atoms with Crippen molar-refractivity contribution >= 4 is 0 Å². The van der Waals surface area contributed by atoms with Crippen LogP contribution in [0.1, 0.15) is 67.7 Å². The van der Waals surface area contributed by atoms with Gasteiger partial charge >= 0.3 is 0 Å². The van der Waals surface area contributed by atoms with Gasteiger partial charge in [0.2, 0.25) is 0 Å². The van der Waals surface area contributed by atoms with Crippen LogP contribution in [-0.2, 0) is 0 Å². The van der Waals surface area contributed by atoms with Gasteiger partial charge in [-0.15, -0.1) is 0 Å². The Bertz CT molecular complexity index is 39.3. The van der Waals surface area contributed by atoms with Crippen molar-refractivity contribution in [2.24, 2.45) is 5.92 Å². The topological polar surface area (TPSA) is 0 Å². The molecule has 0 saturated heterocycles. The van der Waals surface area contributed by atoms with E-state index in [1.807, 2.05) is 0 Å². The lowest BCUT2D eigenvalue weighted by molar-refractivity contribution is 0.509. The Balaban J connectivity index is -0.000000140. The summed E-state index contributed by atoms with van der Waals surface area (Å²) in [7, 11) is 0. The van der Waals surface area contributed by atoms with E-state index in [0.29, 0.717) is 0 Å². The summed E-state index contributed by atoms with van der Waals surface area (Å²) >= 11 is 0. The normalized spacial score (nSPS) is 10.6. The first-order chi connectivity index (χ1) is 4.72. The van der Waals surface area contributed by atoms with Crippen molar-refractivity contribution in [1.29, 1.82) is 0 Å². The molecule has 1 atom stereocenters. The summed E-state index contributed by atoms with van der Waals surface area (Å²) in [5, 5.41) is 0. The van der Waals surface area contributed by atoms with Crippen molar-refractivity contribution in [2.45, 2.75) is 67.7 Å². The monoisotopic (exact) mass is 160 g/mol. The molecule has 0 aromatic heterocycles. The van der Waals surface area contributed by atoms with Crippen LogP contribution in [0, 0.1) is 5.92 Å². The van der Waals surface area contributed by atoms with Crippen LogP contribution in [0.5, 0.6) is 0 Å². The summed E-state index contributed by atoms with van der Waals surface area (Å²) in [4.78, 5) is 0. The summed E-state index contributed by atoms with van der Waals surface area (Å²) in [6.45, 7) is 11.1. The predicted octanol–water partition coefficient (Wildman–Crippen LogP) is 4.89. The van der Waals surface area contributed by atoms with Crippen LogP contribution in [-0.4, -0.2) is 0 Å². The third kappa shape index (κ3) is 25.6. The standard InChI is InChI=1S/C7H16.C3H8.CH4/c1-4-6-7(3)5-2;1-3-2;/h7H,4-6H2,1-3H3;3H2,1-2H3;1H4. The van der Waals surface area contributed by atoms with Gasteiger partial charge in [0.15, 0.2) is 0 Å². The molecule has 0 heterocycles. The van der Waals surface area contributed by atoms with E-state index in [9.17, 15) is 0 Å². The molecule has 0 aliphatic rings. The molecule has 0 spiro atoms. The Kier molecular flexibility index (Phi) is 25.8. The van der Waals surface area contributed by atoms with E-state index in [-0.39, 0.29) is 7.43 Å². The first-order valence-electron chi connectivity index (χ1n) is 4.72. The maximum Gasteiger partial charge on any atom is -0.0446 e. The van der Waals surface area contributed by atoms with Crippen molar-refractivity contribution in [1.82, 2.24) is 0 Å². The molecule has 0 aromatic rings. The van der Waals surface area contributed by atoms with Gasteiger partial charge < -0.3 is 0 Å². The summed E-state index contributed by atoms with van der Waals surface area (Å²) in [6, 6.07) is 0. The van der Waals surface area contributed by atoms with Gasteiger partial charge in [-0.2, -0.15) is 0 Å². The van der Waals surface area contributed by atoms with Crippen molar-refractivity contribution in [3.63, 3.8) is 0 Å². The van der Waals surface area contributed by atoms with Gasteiger partial charge in [0.1, 0.15) is 0 Å². The van der Waals surface area contributed by atoms with E-state index in [2.05, 4.69) is 34.6 Å². The highest BCUT2D eigenvalue weighted by molar-refractivity contribution is 4.45. The van der Waals surface area contributed by atoms with Crippen LogP contribution in [0.25, 0.3) is 0 Å². The molecule has 0 fully saturated rings. The van der Waals surface area contributed by atoms with E-state index in [1.165, 1.54) is 25.7 Å². The molecule has 0 nitrogen and oxygen atoms in total. The van der Waals surface area contributed by atoms with Crippen LogP contribution < -0.4 is 0 Å². The maximum atomic E-state index is 2.31. The van der Waals surface area contributed by atoms with Crippen LogP contribution in [0.3, 0.4) is 0 Å². The molecule has 0 amide bonds. The second-order valence-electron chi connectivity index (χ2n) is 3.01. The molecule has 0 radical (unpaired) electrons. The van der Waals surface area contributed by atoms with E-state index in [4.69, 9.17) is 0 Å². The number of hydrogen-bond acceptors (Lipinski definition) is 0. The molecular weight excluding hydrogens is 132 g/mol. The molecule has 0 bridgehead atoms. The fourth-order valence-corrected chi connectivity index (χ4v) is 0.697. The summed E-state index contributed by atoms with van der Waals surface area (Å²) in [5.74, 6) is 0.949. The maximum absolute atomic E-state index is 2.31. The Morgan fingerprint density at radius 3 is 1.45 bits per heavy atom. The zero-order chi connectivity index (χ0) is 8.41. The van der Waals surface area contributed by atoms with Crippen LogP contribution in [0.2, 0.25) is 0 Å². The van der Waals surface area contributed by atoms with Gasteiger partial charge in [-0.1, -0.05) is 67.7 Å². The molecule has 0 rings (SSSR count). The summed E-state index contributed by atoms with van der Waals surface area (Å²) < 4.78 is 0. The second kappa shape index (κ2) is 16.5. The molecule has 0 aliphatic carbocycles. The third-order valence-electron chi connectivity index (χ3n) is 1.48. The van der Waals surface area contributed by atoms with Crippen molar-refractivity contribution in [3.8, 4) is 0 Å². The molecule has 0 N–H and O–H groups in total. The average Bonchev–Trinajstić information content (AvgIpc) is 1.90. The molecule has 1 unspecified atom stereocenters. The van der Waals surface area contributed by atoms with Gasteiger partial charge in [0.25, 0.3) is 0 Å². The molecule has 0 heteroatoms. The van der Waals surface area contributed by atoms with E-state index in [1.54, 1.807) is 0 Å². The number of hydrogen-bond donors (Lipinski definition) is 0.